The van der Waals surface area contributed by atoms with Crippen LogP contribution in [0.5, 0.6) is 0 Å². The van der Waals surface area contributed by atoms with E-state index in [9.17, 15) is 4.79 Å². The Labute approximate surface area is 111 Å². The zero-order valence-corrected chi connectivity index (χ0v) is 11.6. The van der Waals surface area contributed by atoms with Gasteiger partial charge in [-0.15, -0.1) is 0 Å². The molecule has 1 unspecified atom stereocenters. The molecule has 1 N–H and O–H groups in total. The van der Waals surface area contributed by atoms with Crippen molar-refractivity contribution >= 4 is 17.2 Å². The molecule has 0 bridgehead atoms. The zero-order chi connectivity index (χ0) is 13.1. The minimum Gasteiger partial charge on any atom is -0.339 e. The van der Waals surface area contributed by atoms with Crippen molar-refractivity contribution in [3.8, 4) is 0 Å². The third-order valence-electron chi connectivity index (χ3n) is 3.15. The van der Waals surface area contributed by atoms with E-state index in [2.05, 4.69) is 33.9 Å². The lowest BCUT2D eigenvalue weighted by molar-refractivity contribution is 0.0743. The minimum atomic E-state index is 0.0176. The van der Waals surface area contributed by atoms with Crippen LogP contribution < -0.4 is 0 Å². The van der Waals surface area contributed by atoms with Gasteiger partial charge >= 0.3 is 0 Å². The molecule has 2 heterocycles. The molecule has 0 saturated heterocycles. The van der Waals surface area contributed by atoms with Crippen molar-refractivity contribution in [3.63, 3.8) is 0 Å². The number of thiophene rings is 1. The fourth-order valence-electron chi connectivity index (χ4n) is 1.84. The number of H-pyrrole nitrogens is 1. The van der Waals surface area contributed by atoms with Crippen molar-refractivity contribution < 1.29 is 4.79 Å². The lowest BCUT2D eigenvalue weighted by Gasteiger charge is -2.24. The molecular weight excluding hydrogens is 246 g/mol. The molecule has 0 fully saturated rings. The van der Waals surface area contributed by atoms with Crippen LogP contribution in [-0.4, -0.2) is 34.1 Å². The molecule has 0 spiro atoms. The Kier molecular flexibility index (Phi) is 3.81. The first-order valence-corrected chi connectivity index (χ1v) is 6.82. The van der Waals surface area contributed by atoms with E-state index in [1.165, 1.54) is 5.56 Å². The summed E-state index contributed by atoms with van der Waals surface area (Å²) in [5, 5.41) is 10.9. The van der Waals surface area contributed by atoms with Gasteiger partial charge in [0.2, 0.25) is 0 Å². The number of hydrogen-bond acceptors (Lipinski definition) is 3. The lowest BCUT2D eigenvalue weighted by Crippen LogP contribution is -2.36. The quantitative estimate of drug-likeness (QED) is 0.921. The number of nitrogens with one attached hydrogen (secondary N) is 1. The van der Waals surface area contributed by atoms with E-state index in [0.29, 0.717) is 5.56 Å². The molecule has 4 nitrogen and oxygen atoms in total. The first-order chi connectivity index (χ1) is 8.59. The summed E-state index contributed by atoms with van der Waals surface area (Å²) in [6.07, 6.45) is 2.47. The molecule has 18 heavy (non-hydrogen) atoms. The smallest absolute Gasteiger partial charge is 0.257 e. The molecular formula is C13H17N3OS. The van der Waals surface area contributed by atoms with Gasteiger partial charge in [-0.3, -0.25) is 9.89 Å². The van der Waals surface area contributed by atoms with Crippen LogP contribution in [0.3, 0.4) is 0 Å². The van der Waals surface area contributed by atoms with Crippen molar-refractivity contribution in [3.05, 3.63) is 39.8 Å². The molecule has 0 radical (unpaired) electrons. The lowest BCUT2D eigenvalue weighted by atomic mass is 10.1. The maximum absolute atomic E-state index is 12.3. The Morgan fingerprint density at radius 1 is 1.61 bits per heavy atom. The number of rotatable bonds is 4. The van der Waals surface area contributed by atoms with Crippen LogP contribution in [0, 0.1) is 6.92 Å². The molecule has 1 amide bonds. The highest BCUT2D eigenvalue weighted by molar-refractivity contribution is 7.07. The minimum absolute atomic E-state index is 0.0176. The number of amides is 1. The van der Waals surface area contributed by atoms with E-state index in [0.717, 1.165) is 12.1 Å². The van der Waals surface area contributed by atoms with Gasteiger partial charge in [0, 0.05) is 18.8 Å². The molecule has 2 rings (SSSR count). The molecule has 2 aromatic heterocycles. The molecule has 0 saturated carbocycles. The Balaban J connectivity index is 2.05. The Hall–Kier alpha value is -1.62. The van der Waals surface area contributed by atoms with Crippen LogP contribution in [0.4, 0.5) is 0 Å². The standard InChI is InChI=1S/C13H17N3OS/c1-9(6-11-4-5-18-8-11)16(3)13(17)12-7-14-15-10(12)2/h4-5,7-9H,6H2,1-3H3,(H,14,15). The van der Waals surface area contributed by atoms with Gasteiger partial charge in [-0.25, -0.2) is 0 Å². The molecule has 0 aromatic carbocycles. The van der Waals surface area contributed by atoms with E-state index >= 15 is 0 Å². The Morgan fingerprint density at radius 3 is 2.94 bits per heavy atom. The SMILES string of the molecule is Cc1[nH]ncc1C(=O)N(C)C(C)Cc1ccsc1. The number of aryl methyl sites for hydroxylation is 1. The van der Waals surface area contributed by atoms with Crippen molar-refractivity contribution in [1.82, 2.24) is 15.1 Å². The Morgan fingerprint density at radius 2 is 2.39 bits per heavy atom. The largest absolute Gasteiger partial charge is 0.339 e. The van der Waals surface area contributed by atoms with Gasteiger partial charge in [-0.05, 0) is 42.7 Å². The van der Waals surface area contributed by atoms with Crippen molar-refractivity contribution in [1.29, 1.82) is 0 Å². The predicted octanol–water partition coefficient (Wildman–Crippen LogP) is 2.48. The Bertz CT molecular complexity index is 518. The van der Waals surface area contributed by atoms with Gasteiger partial charge in [0.25, 0.3) is 5.91 Å². The van der Waals surface area contributed by atoms with Crippen LogP contribution in [0.15, 0.2) is 23.0 Å². The number of likely N-dealkylation sites (N-methyl/N-ethyl adjacent to an activating group) is 1. The molecule has 5 heteroatoms. The van der Waals surface area contributed by atoms with E-state index in [1.807, 2.05) is 14.0 Å². The summed E-state index contributed by atoms with van der Waals surface area (Å²) < 4.78 is 0. The van der Waals surface area contributed by atoms with Gasteiger partial charge in [-0.1, -0.05) is 0 Å². The molecule has 0 aliphatic carbocycles. The highest BCUT2D eigenvalue weighted by Crippen LogP contribution is 2.14. The number of carbonyl (C=O) groups is 1. The maximum Gasteiger partial charge on any atom is 0.257 e. The summed E-state index contributed by atoms with van der Waals surface area (Å²) in [5.41, 5.74) is 2.74. The summed E-state index contributed by atoms with van der Waals surface area (Å²) in [6, 6.07) is 2.27. The van der Waals surface area contributed by atoms with Crippen LogP contribution in [-0.2, 0) is 6.42 Å². The van der Waals surface area contributed by atoms with Crippen LogP contribution in [0.1, 0.15) is 28.5 Å². The van der Waals surface area contributed by atoms with Gasteiger partial charge in [0.1, 0.15) is 0 Å². The molecule has 0 aliphatic heterocycles. The fraction of sp³-hybridized carbons (Fsp3) is 0.385. The van der Waals surface area contributed by atoms with Gasteiger partial charge in [0.15, 0.2) is 0 Å². The second kappa shape index (κ2) is 5.35. The summed E-state index contributed by atoms with van der Waals surface area (Å²) in [7, 11) is 1.84. The summed E-state index contributed by atoms with van der Waals surface area (Å²) >= 11 is 1.68. The number of nitrogens with zero attached hydrogens (tertiary/aromatic N) is 2. The third kappa shape index (κ3) is 2.61. The first-order valence-electron chi connectivity index (χ1n) is 5.87. The first kappa shape index (κ1) is 12.8. The maximum atomic E-state index is 12.3. The van der Waals surface area contributed by atoms with E-state index in [-0.39, 0.29) is 11.9 Å². The van der Waals surface area contributed by atoms with E-state index < -0.39 is 0 Å². The van der Waals surface area contributed by atoms with Crippen LogP contribution in [0.2, 0.25) is 0 Å². The van der Waals surface area contributed by atoms with Gasteiger partial charge in [0.05, 0.1) is 11.8 Å². The highest BCUT2D eigenvalue weighted by atomic mass is 32.1. The third-order valence-corrected chi connectivity index (χ3v) is 3.89. The van der Waals surface area contributed by atoms with Crippen molar-refractivity contribution in [2.24, 2.45) is 0 Å². The van der Waals surface area contributed by atoms with E-state index in [1.54, 1.807) is 22.4 Å². The zero-order valence-electron chi connectivity index (χ0n) is 10.8. The normalized spacial score (nSPS) is 12.4. The molecule has 0 aliphatic rings. The van der Waals surface area contributed by atoms with Crippen molar-refractivity contribution in [2.45, 2.75) is 26.3 Å². The fourth-order valence-corrected chi connectivity index (χ4v) is 2.52. The summed E-state index contributed by atoms with van der Waals surface area (Å²) in [4.78, 5) is 14.0. The predicted molar refractivity (Wildman–Crippen MR) is 72.9 cm³/mol. The van der Waals surface area contributed by atoms with Crippen LogP contribution >= 0.6 is 11.3 Å². The van der Waals surface area contributed by atoms with Crippen molar-refractivity contribution in [2.75, 3.05) is 7.05 Å². The molecule has 2 aromatic rings. The second-order valence-corrected chi connectivity index (χ2v) is 5.29. The van der Waals surface area contributed by atoms with Crippen LogP contribution in [0.25, 0.3) is 0 Å². The van der Waals surface area contributed by atoms with E-state index in [4.69, 9.17) is 0 Å². The summed E-state index contributed by atoms with van der Waals surface area (Å²) in [6.45, 7) is 3.92. The number of aromatic amines is 1. The summed E-state index contributed by atoms with van der Waals surface area (Å²) in [5.74, 6) is 0.0176. The monoisotopic (exact) mass is 263 g/mol. The number of hydrogen-bond donors (Lipinski definition) is 1. The molecule has 96 valence electrons. The second-order valence-electron chi connectivity index (χ2n) is 4.51. The number of aromatic nitrogens is 2. The molecule has 1 atom stereocenters. The number of carbonyl (C=O) groups excluding carboxylic acids is 1. The highest BCUT2D eigenvalue weighted by Gasteiger charge is 2.20. The van der Waals surface area contributed by atoms with Gasteiger partial charge in [-0.2, -0.15) is 16.4 Å². The topological polar surface area (TPSA) is 49.0 Å². The average Bonchev–Trinajstić information content (AvgIpc) is 2.98. The average molecular weight is 263 g/mol. The van der Waals surface area contributed by atoms with Gasteiger partial charge < -0.3 is 4.90 Å².